The molecule has 0 saturated heterocycles. The molecule has 6 heteroatoms. The van der Waals surface area contributed by atoms with Crippen LogP contribution in [0.25, 0.3) is 0 Å². The van der Waals surface area contributed by atoms with E-state index in [1.807, 2.05) is 42.5 Å². The van der Waals surface area contributed by atoms with Crippen molar-refractivity contribution in [3.63, 3.8) is 0 Å². The van der Waals surface area contributed by atoms with Gasteiger partial charge in [-0.3, -0.25) is 0 Å². The third kappa shape index (κ3) is 4.05. The second-order valence-corrected chi connectivity index (χ2v) is 7.60. The van der Waals surface area contributed by atoms with Gasteiger partial charge in [0.05, 0.1) is 5.54 Å². The van der Waals surface area contributed by atoms with Crippen molar-refractivity contribution in [3.05, 3.63) is 77.4 Å². The smallest absolute Gasteiger partial charge is 0.272 e. The van der Waals surface area contributed by atoms with Crippen molar-refractivity contribution in [2.75, 3.05) is 0 Å². The maximum absolute atomic E-state index is 6.36. The molecule has 1 atom stereocenters. The predicted octanol–water partition coefficient (Wildman–Crippen LogP) is 5.12. The summed E-state index contributed by atoms with van der Waals surface area (Å²) in [6, 6.07) is 18.1. The second-order valence-electron chi connectivity index (χ2n) is 7.60. The monoisotopic (exact) mass is 399 g/mol. The van der Waals surface area contributed by atoms with E-state index < -0.39 is 11.6 Å². The van der Waals surface area contributed by atoms with E-state index in [0.717, 1.165) is 30.6 Å². The minimum Gasteiger partial charge on any atom is -0.476 e. The van der Waals surface area contributed by atoms with Crippen molar-refractivity contribution in [3.8, 4) is 5.75 Å². The molecule has 0 spiro atoms. The van der Waals surface area contributed by atoms with Gasteiger partial charge in [-0.25, -0.2) is 0 Å². The molecule has 0 bridgehead atoms. The van der Waals surface area contributed by atoms with Crippen LogP contribution < -0.4 is 10.5 Å². The SMILES string of the molecule is CC(C)c1cccc(OC(c2ccccc2)c2nc(C3(N)CCC3)no2)c1.Cl. The zero-order valence-corrected chi connectivity index (χ0v) is 17.0. The fraction of sp³-hybridized carbons (Fsp3) is 0.364. The third-order valence-corrected chi connectivity index (χ3v) is 5.24. The highest BCUT2D eigenvalue weighted by atomic mass is 35.5. The van der Waals surface area contributed by atoms with Crippen LogP contribution in [-0.2, 0) is 5.54 Å². The lowest BCUT2D eigenvalue weighted by Crippen LogP contribution is -2.44. The molecule has 2 N–H and O–H groups in total. The second kappa shape index (κ2) is 8.33. The van der Waals surface area contributed by atoms with Gasteiger partial charge in [0.25, 0.3) is 5.89 Å². The average Bonchev–Trinajstić information content (AvgIpc) is 3.15. The van der Waals surface area contributed by atoms with Gasteiger partial charge in [-0.2, -0.15) is 4.98 Å². The van der Waals surface area contributed by atoms with E-state index in [1.165, 1.54) is 5.56 Å². The summed E-state index contributed by atoms with van der Waals surface area (Å²) < 4.78 is 11.9. The van der Waals surface area contributed by atoms with E-state index in [9.17, 15) is 0 Å². The maximum atomic E-state index is 6.36. The first-order valence-electron chi connectivity index (χ1n) is 9.50. The quantitative estimate of drug-likeness (QED) is 0.622. The average molecular weight is 400 g/mol. The van der Waals surface area contributed by atoms with Crippen LogP contribution in [0.1, 0.15) is 68.0 Å². The standard InChI is InChI=1S/C22H25N3O2.ClH/c1-15(2)17-10-6-11-18(14-17)26-19(16-8-4-3-5-9-16)20-24-21(25-27-20)22(23)12-7-13-22;/h3-6,8-11,14-15,19H,7,12-13,23H2,1-2H3;1H. The van der Waals surface area contributed by atoms with Crippen LogP contribution in [0.4, 0.5) is 0 Å². The Kier molecular flexibility index (Phi) is 6.06. The summed E-state index contributed by atoms with van der Waals surface area (Å²) >= 11 is 0. The molecule has 1 aliphatic rings. The molecule has 4 rings (SSSR count). The van der Waals surface area contributed by atoms with E-state index >= 15 is 0 Å². The van der Waals surface area contributed by atoms with E-state index in [4.69, 9.17) is 15.0 Å². The minimum absolute atomic E-state index is 0. The number of hydrogen-bond acceptors (Lipinski definition) is 5. The van der Waals surface area contributed by atoms with Crippen molar-refractivity contribution in [2.45, 2.75) is 50.7 Å². The molecule has 148 valence electrons. The fourth-order valence-corrected chi connectivity index (χ4v) is 3.30. The lowest BCUT2D eigenvalue weighted by Gasteiger charge is -2.34. The Bertz CT molecular complexity index is 907. The Balaban J connectivity index is 0.00000225. The maximum Gasteiger partial charge on any atom is 0.272 e. The number of ether oxygens (including phenoxy) is 1. The molecule has 5 nitrogen and oxygen atoms in total. The van der Waals surface area contributed by atoms with Gasteiger partial charge < -0.3 is 15.0 Å². The Morgan fingerprint density at radius 2 is 1.75 bits per heavy atom. The molecule has 1 aliphatic carbocycles. The number of aromatic nitrogens is 2. The van der Waals surface area contributed by atoms with Crippen molar-refractivity contribution in [1.29, 1.82) is 0 Å². The highest BCUT2D eigenvalue weighted by Gasteiger charge is 2.40. The van der Waals surface area contributed by atoms with Gasteiger partial charge in [0.1, 0.15) is 5.75 Å². The molecular formula is C22H26ClN3O2. The summed E-state index contributed by atoms with van der Waals surface area (Å²) in [6.45, 7) is 4.33. The summed E-state index contributed by atoms with van der Waals surface area (Å²) in [5.41, 5.74) is 8.08. The third-order valence-electron chi connectivity index (χ3n) is 5.24. The van der Waals surface area contributed by atoms with Crippen molar-refractivity contribution < 1.29 is 9.26 Å². The van der Waals surface area contributed by atoms with E-state index in [-0.39, 0.29) is 12.4 Å². The molecule has 28 heavy (non-hydrogen) atoms. The summed E-state index contributed by atoms with van der Waals surface area (Å²) in [5.74, 6) is 2.21. The van der Waals surface area contributed by atoms with Crippen molar-refractivity contribution >= 4 is 12.4 Å². The summed E-state index contributed by atoms with van der Waals surface area (Å²) in [5, 5.41) is 4.15. The van der Waals surface area contributed by atoms with E-state index in [2.05, 4.69) is 36.1 Å². The Hall–Kier alpha value is -2.37. The molecular weight excluding hydrogens is 374 g/mol. The number of rotatable bonds is 6. The van der Waals surface area contributed by atoms with Crippen LogP contribution >= 0.6 is 12.4 Å². The first-order valence-corrected chi connectivity index (χ1v) is 9.50. The highest BCUT2D eigenvalue weighted by molar-refractivity contribution is 5.85. The Labute approximate surface area is 171 Å². The largest absolute Gasteiger partial charge is 0.476 e. The van der Waals surface area contributed by atoms with Crippen LogP contribution in [0.15, 0.2) is 59.1 Å². The molecule has 1 unspecified atom stereocenters. The van der Waals surface area contributed by atoms with Gasteiger partial charge in [-0.05, 0) is 42.9 Å². The number of benzene rings is 2. The molecule has 0 radical (unpaired) electrons. The number of hydrogen-bond donors (Lipinski definition) is 1. The number of nitrogens with zero attached hydrogens (tertiary/aromatic N) is 2. The minimum atomic E-state index is -0.474. The number of nitrogens with two attached hydrogens (primary N) is 1. The molecule has 2 aromatic carbocycles. The van der Waals surface area contributed by atoms with Gasteiger partial charge in [-0.15, -0.1) is 12.4 Å². The first kappa shape index (κ1) is 20.4. The van der Waals surface area contributed by atoms with Crippen LogP contribution in [0.3, 0.4) is 0 Å². The molecule has 0 aliphatic heterocycles. The fourth-order valence-electron chi connectivity index (χ4n) is 3.30. The zero-order valence-electron chi connectivity index (χ0n) is 16.2. The van der Waals surface area contributed by atoms with Gasteiger partial charge >= 0.3 is 0 Å². The summed E-state index contributed by atoms with van der Waals surface area (Å²) in [7, 11) is 0. The van der Waals surface area contributed by atoms with Gasteiger partial charge in [-0.1, -0.05) is 61.5 Å². The van der Waals surface area contributed by atoms with Crippen LogP contribution in [0.2, 0.25) is 0 Å². The van der Waals surface area contributed by atoms with Crippen LogP contribution in [0.5, 0.6) is 5.75 Å². The van der Waals surface area contributed by atoms with E-state index in [1.54, 1.807) is 0 Å². The van der Waals surface area contributed by atoms with Crippen LogP contribution in [-0.4, -0.2) is 10.1 Å². The van der Waals surface area contributed by atoms with Crippen LogP contribution in [0, 0.1) is 0 Å². The first-order chi connectivity index (χ1) is 13.0. The number of halogens is 1. The molecule has 1 saturated carbocycles. The molecule has 1 aromatic heterocycles. The lowest BCUT2D eigenvalue weighted by atomic mass is 9.77. The van der Waals surface area contributed by atoms with Gasteiger partial charge in [0, 0.05) is 5.56 Å². The lowest BCUT2D eigenvalue weighted by molar-refractivity contribution is 0.191. The Morgan fingerprint density at radius 3 is 2.39 bits per heavy atom. The molecule has 1 fully saturated rings. The Morgan fingerprint density at radius 1 is 1.04 bits per heavy atom. The molecule has 0 amide bonds. The van der Waals surface area contributed by atoms with Gasteiger partial charge in [0.15, 0.2) is 5.82 Å². The molecule has 1 heterocycles. The van der Waals surface area contributed by atoms with Crippen molar-refractivity contribution in [2.24, 2.45) is 5.73 Å². The highest BCUT2D eigenvalue weighted by Crippen LogP contribution is 2.38. The normalized spacial score (nSPS) is 16.1. The zero-order chi connectivity index (χ0) is 18.9. The van der Waals surface area contributed by atoms with Gasteiger partial charge in [0.2, 0.25) is 6.10 Å². The topological polar surface area (TPSA) is 74.2 Å². The van der Waals surface area contributed by atoms with Crippen molar-refractivity contribution in [1.82, 2.24) is 10.1 Å². The molecule has 3 aromatic rings. The summed E-state index contributed by atoms with van der Waals surface area (Å²) in [6.07, 6.45) is 2.40. The van der Waals surface area contributed by atoms with E-state index in [0.29, 0.717) is 17.6 Å². The predicted molar refractivity (Wildman–Crippen MR) is 111 cm³/mol. The summed E-state index contributed by atoms with van der Waals surface area (Å²) in [4.78, 5) is 4.61.